The minimum atomic E-state index is -3.52. The Morgan fingerprint density at radius 2 is 1.69 bits per heavy atom. The van der Waals surface area contributed by atoms with Crippen molar-refractivity contribution in [1.29, 1.82) is 0 Å². The molecule has 0 atom stereocenters. The molecule has 0 N–H and O–H groups in total. The van der Waals surface area contributed by atoms with Gasteiger partial charge in [-0.15, -0.1) is 0 Å². The Hall–Kier alpha value is -2.58. The van der Waals surface area contributed by atoms with Crippen molar-refractivity contribution >= 4 is 21.8 Å². The van der Waals surface area contributed by atoms with Crippen molar-refractivity contribution in [3.05, 3.63) is 65.5 Å². The van der Waals surface area contributed by atoms with Gasteiger partial charge in [-0.05, 0) is 42.7 Å². The molecule has 0 aliphatic carbocycles. The van der Waals surface area contributed by atoms with Crippen molar-refractivity contribution in [2.24, 2.45) is 0 Å². The second-order valence-electron chi connectivity index (χ2n) is 6.88. The van der Waals surface area contributed by atoms with Crippen LogP contribution in [0.25, 0.3) is 0 Å². The number of nitrogens with zero attached hydrogens (tertiary/aromatic N) is 1. The molecule has 0 spiro atoms. The number of sulfonamides is 1. The summed E-state index contributed by atoms with van der Waals surface area (Å²) in [4.78, 5) is 24.1. The highest BCUT2D eigenvalue weighted by Crippen LogP contribution is 2.21. The molecule has 1 heterocycles. The Balaban J connectivity index is 1.55. The Labute approximate surface area is 169 Å². The highest BCUT2D eigenvalue weighted by Gasteiger charge is 2.25. The summed E-state index contributed by atoms with van der Waals surface area (Å²) in [6, 6.07) is 11.2. The summed E-state index contributed by atoms with van der Waals surface area (Å²) in [5.41, 5.74) is 0.705. The summed E-state index contributed by atoms with van der Waals surface area (Å²) < 4.78 is 44.8. The zero-order chi connectivity index (χ0) is 20.9. The van der Waals surface area contributed by atoms with Crippen LogP contribution in [0, 0.1) is 5.82 Å². The summed E-state index contributed by atoms with van der Waals surface area (Å²) in [6.45, 7) is 0.565. The van der Waals surface area contributed by atoms with Crippen LogP contribution in [0.15, 0.2) is 53.4 Å². The van der Waals surface area contributed by atoms with Gasteiger partial charge in [0, 0.05) is 18.7 Å². The first-order chi connectivity index (χ1) is 13.9. The van der Waals surface area contributed by atoms with Crippen LogP contribution in [0.2, 0.25) is 0 Å². The summed E-state index contributed by atoms with van der Waals surface area (Å²) >= 11 is 0. The molecule has 0 unspecified atom stereocenters. The van der Waals surface area contributed by atoms with Gasteiger partial charge in [0.2, 0.25) is 10.0 Å². The predicted octanol–water partition coefficient (Wildman–Crippen LogP) is 2.97. The lowest BCUT2D eigenvalue weighted by molar-refractivity contribution is -0.141. The number of ketones is 1. The maximum Gasteiger partial charge on any atom is 0.310 e. The van der Waals surface area contributed by atoms with E-state index in [-0.39, 0.29) is 16.9 Å². The van der Waals surface area contributed by atoms with Gasteiger partial charge in [-0.3, -0.25) is 9.59 Å². The molecule has 8 heteroatoms. The van der Waals surface area contributed by atoms with E-state index in [1.807, 2.05) is 0 Å². The van der Waals surface area contributed by atoms with Crippen LogP contribution in [0.1, 0.15) is 35.2 Å². The molecule has 2 aromatic rings. The molecule has 6 nitrogen and oxygen atoms in total. The minimum Gasteiger partial charge on any atom is -0.457 e. The van der Waals surface area contributed by atoms with E-state index < -0.39 is 34.2 Å². The average molecular weight is 419 g/mol. The summed E-state index contributed by atoms with van der Waals surface area (Å²) in [6.07, 6.45) is 2.66. The van der Waals surface area contributed by atoms with E-state index in [0.29, 0.717) is 18.7 Å². The normalized spacial score (nSPS) is 15.1. The first-order valence-electron chi connectivity index (χ1n) is 9.40. The molecule has 0 aromatic heterocycles. The minimum absolute atomic E-state index is 0.0968. The third-order valence-corrected chi connectivity index (χ3v) is 6.65. The number of hydrogen-bond donors (Lipinski definition) is 0. The second-order valence-corrected chi connectivity index (χ2v) is 8.82. The number of Topliss-reactive ketones (excluding diaryl/α,β-unsaturated/α-hetero) is 1. The Bertz CT molecular complexity index is 982. The molecule has 0 radical (unpaired) electrons. The van der Waals surface area contributed by atoms with E-state index in [9.17, 15) is 22.4 Å². The van der Waals surface area contributed by atoms with E-state index in [0.717, 1.165) is 25.3 Å². The SMILES string of the molecule is O=C(Cc1ccc(S(=O)(=O)N2CCCCC2)cc1)OCC(=O)c1cccc(F)c1. The van der Waals surface area contributed by atoms with E-state index in [1.165, 1.54) is 34.6 Å². The molecule has 29 heavy (non-hydrogen) atoms. The third-order valence-electron chi connectivity index (χ3n) is 4.74. The van der Waals surface area contributed by atoms with Gasteiger partial charge in [-0.2, -0.15) is 4.31 Å². The number of benzene rings is 2. The maximum atomic E-state index is 13.1. The first kappa shape index (κ1) is 21.1. The number of halogens is 1. The molecule has 2 aromatic carbocycles. The van der Waals surface area contributed by atoms with Crippen LogP contribution < -0.4 is 0 Å². The molecule has 0 amide bonds. The van der Waals surface area contributed by atoms with Crippen LogP contribution in [0.3, 0.4) is 0 Å². The van der Waals surface area contributed by atoms with Crippen LogP contribution in [-0.4, -0.2) is 44.2 Å². The molecule has 1 fully saturated rings. The fourth-order valence-corrected chi connectivity index (χ4v) is 4.66. The van der Waals surface area contributed by atoms with Gasteiger partial charge in [0.05, 0.1) is 11.3 Å². The van der Waals surface area contributed by atoms with Gasteiger partial charge in [0.1, 0.15) is 5.82 Å². The van der Waals surface area contributed by atoms with Gasteiger partial charge in [0.25, 0.3) is 0 Å². The third kappa shape index (κ3) is 5.48. The number of carbonyl (C=O) groups is 2. The lowest BCUT2D eigenvalue weighted by atomic mass is 10.1. The van der Waals surface area contributed by atoms with E-state index in [4.69, 9.17) is 4.74 Å². The van der Waals surface area contributed by atoms with Crippen molar-refractivity contribution in [3.63, 3.8) is 0 Å². The zero-order valence-corrected chi connectivity index (χ0v) is 16.7. The molecule has 0 bridgehead atoms. The monoisotopic (exact) mass is 419 g/mol. The molecular weight excluding hydrogens is 397 g/mol. The second kappa shape index (κ2) is 9.28. The number of hydrogen-bond acceptors (Lipinski definition) is 5. The summed E-state index contributed by atoms with van der Waals surface area (Å²) in [5, 5.41) is 0. The molecular formula is C21H22FNO5S. The average Bonchev–Trinajstić information content (AvgIpc) is 2.73. The summed E-state index contributed by atoms with van der Waals surface area (Å²) in [7, 11) is -3.52. The highest BCUT2D eigenvalue weighted by molar-refractivity contribution is 7.89. The molecule has 1 aliphatic heterocycles. The van der Waals surface area contributed by atoms with Crippen LogP contribution in [-0.2, 0) is 26.0 Å². The molecule has 154 valence electrons. The van der Waals surface area contributed by atoms with Crippen molar-refractivity contribution in [2.45, 2.75) is 30.6 Å². The number of piperidine rings is 1. The van der Waals surface area contributed by atoms with E-state index in [1.54, 1.807) is 12.1 Å². The van der Waals surface area contributed by atoms with Crippen molar-refractivity contribution < 1.29 is 27.1 Å². The van der Waals surface area contributed by atoms with Gasteiger partial charge >= 0.3 is 5.97 Å². The van der Waals surface area contributed by atoms with Crippen LogP contribution >= 0.6 is 0 Å². The lowest BCUT2D eigenvalue weighted by Gasteiger charge is -2.25. The zero-order valence-electron chi connectivity index (χ0n) is 15.8. The standard InChI is InChI=1S/C21H22FNO5S/c22-18-6-4-5-17(14-18)20(24)15-28-21(25)13-16-7-9-19(10-8-16)29(26,27)23-11-2-1-3-12-23/h4-10,14H,1-3,11-13,15H2. The van der Waals surface area contributed by atoms with Gasteiger partial charge < -0.3 is 4.74 Å². The topological polar surface area (TPSA) is 80.8 Å². The van der Waals surface area contributed by atoms with Crippen molar-refractivity contribution in [1.82, 2.24) is 4.31 Å². The van der Waals surface area contributed by atoms with E-state index in [2.05, 4.69) is 0 Å². The molecule has 0 saturated carbocycles. The van der Waals surface area contributed by atoms with Crippen LogP contribution in [0.5, 0.6) is 0 Å². The predicted molar refractivity (Wildman–Crippen MR) is 104 cm³/mol. The smallest absolute Gasteiger partial charge is 0.310 e. The first-order valence-corrected chi connectivity index (χ1v) is 10.8. The van der Waals surface area contributed by atoms with Gasteiger partial charge in [-0.25, -0.2) is 12.8 Å². The largest absolute Gasteiger partial charge is 0.457 e. The fourth-order valence-electron chi connectivity index (χ4n) is 3.14. The molecule has 3 rings (SSSR count). The maximum absolute atomic E-state index is 13.1. The Morgan fingerprint density at radius 3 is 2.34 bits per heavy atom. The number of carbonyl (C=O) groups excluding carboxylic acids is 2. The number of rotatable bonds is 7. The van der Waals surface area contributed by atoms with Gasteiger partial charge in [-0.1, -0.05) is 30.7 Å². The Morgan fingerprint density at radius 1 is 1.00 bits per heavy atom. The van der Waals surface area contributed by atoms with Crippen molar-refractivity contribution in [2.75, 3.05) is 19.7 Å². The quantitative estimate of drug-likeness (QED) is 0.509. The van der Waals surface area contributed by atoms with Gasteiger partial charge in [0.15, 0.2) is 12.4 Å². The molecule has 1 aliphatic rings. The fraction of sp³-hybridized carbons (Fsp3) is 0.333. The molecule has 1 saturated heterocycles. The Kier molecular flexibility index (Phi) is 6.76. The highest BCUT2D eigenvalue weighted by atomic mass is 32.2. The van der Waals surface area contributed by atoms with E-state index >= 15 is 0 Å². The number of ether oxygens (including phenoxy) is 1. The summed E-state index contributed by atoms with van der Waals surface area (Å²) in [5.74, 6) is -1.66. The van der Waals surface area contributed by atoms with Crippen molar-refractivity contribution in [3.8, 4) is 0 Å². The van der Waals surface area contributed by atoms with Crippen LogP contribution in [0.4, 0.5) is 4.39 Å². The lowest BCUT2D eigenvalue weighted by Crippen LogP contribution is -2.35. The number of esters is 1.